The quantitative estimate of drug-likeness (QED) is 0.247. The highest BCUT2D eigenvalue weighted by atomic mass is 31.1. The van der Waals surface area contributed by atoms with Gasteiger partial charge >= 0.3 is 12.1 Å². The predicted molar refractivity (Wildman–Crippen MR) is 125 cm³/mol. The lowest BCUT2D eigenvalue weighted by Gasteiger charge is -2.27. The number of benzene rings is 1. The van der Waals surface area contributed by atoms with Crippen molar-refractivity contribution in [2.45, 2.75) is 71.6 Å². The number of rotatable bonds is 12. The third-order valence-corrected chi connectivity index (χ3v) is 7.11. The molecule has 0 spiro atoms. The molecular weight excluding hydrogens is 429 g/mol. The first-order valence-corrected chi connectivity index (χ1v) is 13.1. The number of ether oxygens (including phenoxy) is 2. The van der Waals surface area contributed by atoms with Gasteiger partial charge in [-0.1, -0.05) is 76.3 Å². The van der Waals surface area contributed by atoms with Crippen molar-refractivity contribution in [3.63, 3.8) is 0 Å². The van der Waals surface area contributed by atoms with Crippen molar-refractivity contribution >= 4 is 20.1 Å². The van der Waals surface area contributed by atoms with Crippen LogP contribution in [0.1, 0.15) is 64.4 Å². The molecule has 0 saturated heterocycles. The molecule has 7 nitrogen and oxygen atoms in total. The summed E-state index contributed by atoms with van der Waals surface area (Å²) >= 11 is 0. The minimum atomic E-state index is -2.57. The summed E-state index contributed by atoms with van der Waals surface area (Å²) in [6, 6.07) is 9.42. The van der Waals surface area contributed by atoms with E-state index in [0.717, 1.165) is 31.2 Å². The minimum absolute atomic E-state index is 0.109. The van der Waals surface area contributed by atoms with Crippen LogP contribution >= 0.6 is 8.03 Å². The van der Waals surface area contributed by atoms with Gasteiger partial charge < -0.3 is 14.0 Å². The van der Waals surface area contributed by atoms with Crippen LogP contribution in [-0.4, -0.2) is 31.6 Å². The van der Waals surface area contributed by atoms with Crippen LogP contribution in [0, 0.1) is 17.8 Å². The van der Waals surface area contributed by atoms with Gasteiger partial charge in [0, 0.05) is 6.16 Å². The van der Waals surface area contributed by atoms with E-state index in [4.69, 9.17) is 14.0 Å². The molecule has 1 aromatic carbocycles. The normalized spacial score (nSPS) is 17.4. The van der Waals surface area contributed by atoms with Crippen LogP contribution in [0.15, 0.2) is 30.3 Å². The molecule has 180 valence electrons. The van der Waals surface area contributed by atoms with E-state index in [1.165, 1.54) is 13.5 Å². The lowest BCUT2D eigenvalue weighted by molar-refractivity contribution is -0.145. The Morgan fingerprint density at radius 1 is 1.12 bits per heavy atom. The Hall–Kier alpha value is -1.85. The van der Waals surface area contributed by atoms with Crippen molar-refractivity contribution in [3.05, 3.63) is 35.9 Å². The Morgan fingerprint density at radius 3 is 2.44 bits per heavy atom. The molecule has 8 heteroatoms. The van der Waals surface area contributed by atoms with E-state index in [9.17, 15) is 14.2 Å². The summed E-state index contributed by atoms with van der Waals surface area (Å²) in [5.41, 5.74) is 0.885. The van der Waals surface area contributed by atoms with Crippen LogP contribution in [0.3, 0.4) is 0 Å². The molecule has 1 aliphatic carbocycles. The molecular formula is C24H38NO6P. The molecule has 0 aliphatic heterocycles. The van der Waals surface area contributed by atoms with E-state index < -0.39 is 26.3 Å². The number of nitrogens with one attached hydrogen (secondary N) is 1. The Labute approximate surface area is 192 Å². The largest absolute Gasteiger partial charge is 0.469 e. The van der Waals surface area contributed by atoms with Crippen LogP contribution in [0.2, 0.25) is 0 Å². The molecule has 0 heterocycles. The summed E-state index contributed by atoms with van der Waals surface area (Å²) in [5, 5.41) is 2.75. The van der Waals surface area contributed by atoms with Gasteiger partial charge in [0.2, 0.25) is 0 Å². The lowest BCUT2D eigenvalue weighted by atomic mass is 9.86. The average Bonchev–Trinajstić information content (AvgIpc) is 2.77. The number of hydrogen-bond donors (Lipinski definition) is 1. The maximum atomic E-state index is 12.8. The zero-order valence-corrected chi connectivity index (χ0v) is 20.5. The van der Waals surface area contributed by atoms with E-state index in [-0.39, 0.29) is 24.7 Å². The van der Waals surface area contributed by atoms with Crippen molar-refractivity contribution in [2.24, 2.45) is 17.8 Å². The predicted octanol–water partition coefficient (Wildman–Crippen LogP) is 5.54. The Morgan fingerprint density at radius 2 is 1.81 bits per heavy atom. The molecule has 0 radical (unpaired) electrons. The van der Waals surface area contributed by atoms with Gasteiger partial charge in [0.15, 0.2) is 8.03 Å². The summed E-state index contributed by atoms with van der Waals surface area (Å²) in [5.74, 6) is -0.186. The van der Waals surface area contributed by atoms with Crippen molar-refractivity contribution in [1.82, 2.24) is 5.32 Å². The van der Waals surface area contributed by atoms with Gasteiger partial charge in [-0.2, -0.15) is 0 Å². The smallest absolute Gasteiger partial charge is 0.409 e. The van der Waals surface area contributed by atoms with E-state index in [0.29, 0.717) is 18.8 Å². The molecule has 3 atom stereocenters. The van der Waals surface area contributed by atoms with Crippen molar-refractivity contribution in [1.29, 1.82) is 0 Å². The zero-order valence-electron chi connectivity index (χ0n) is 19.5. The molecule has 32 heavy (non-hydrogen) atoms. The summed E-state index contributed by atoms with van der Waals surface area (Å²) < 4.78 is 28.8. The number of amides is 1. The van der Waals surface area contributed by atoms with Crippen LogP contribution in [0.25, 0.3) is 0 Å². The lowest BCUT2D eigenvalue weighted by Crippen LogP contribution is -2.38. The molecule has 1 aliphatic rings. The first-order valence-electron chi connectivity index (χ1n) is 11.6. The summed E-state index contributed by atoms with van der Waals surface area (Å²) in [4.78, 5) is 24.5. The zero-order chi connectivity index (χ0) is 23.3. The molecule has 2 rings (SSSR count). The number of carbonyl (C=O) groups is 2. The summed E-state index contributed by atoms with van der Waals surface area (Å²) in [7, 11) is -1.23. The monoisotopic (exact) mass is 467 g/mol. The van der Waals surface area contributed by atoms with E-state index in [2.05, 4.69) is 5.32 Å². The second kappa shape index (κ2) is 14.3. The van der Waals surface area contributed by atoms with Crippen molar-refractivity contribution < 1.29 is 28.2 Å². The Balaban J connectivity index is 1.95. The average molecular weight is 468 g/mol. The Kier molecular flexibility index (Phi) is 11.8. The van der Waals surface area contributed by atoms with E-state index in [1.807, 2.05) is 44.2 Å². The maximum absolute atomic E-state index is 12.8. The molecule has 1 aromatic rings. The highest BCUT2D eigenvalue weighted by Crippen LogP contribution is 2.34. The first kappa shape index (κ1) is 26.4. The highest BCUT2D eigenvalue weighted by molar-refractivity contribution is 7.39. The number of hydrogen-bond acceptors (Lipinski definition) is 6. The highest BCUT2D eigenvalue weighted by Gasteiger charge is 2.27. The first-order chi connectivity index (χ1) is 15.4. The van der Waals surface area contributed by atoms with Crippen LogP contribution in [-0.2, 0) is 30.0 Å². The second-order valence-electron chi connectivity index (χ2n) is 8.98. The molecule has 1 fully saturated rings. The molecule has 3 unspecified atom stereocenters. The SMILES string of the molecule is COC(=O)C(CC(C)C)C[PH](=O)OC(CC1CCCCC1)NC(=O)OCc1ccccc1. The van der Waals surface area contributed by atoms with Gasteiger partial charge in [-0.3, -0.25) is 14.7 Å². The standard InChI is InChI=1S/C24H38NO6P/c1-18(2)14-21(23(26)29-3)17-32(28)31-22(15-19-10-6-4-7-11-19)25-24(27)30-16-20-12-8-5-9-13-20/h5,8-9,12-13,18-19,21-22,32H,4,6-7,10-11,14-17H2,1-3H3,(H,25,27). The van der Waals surface area contributed by atoms with Gasteiger partial charge in [0.1, 0.15) is 12.8 Å². The van der Waals surface area contributed by atoms with E-state index >= 15 is 0 Å². The van der Waals surface area contributed by atoms with Crippen molar-refractivity contribution in [2.75, 3.05) is 13.3 Å². The molecule has 1 amide bonds. The summed E-state index contributed by atoms with van der Waals surface area (Å²) in [6.07, 6.45) is 5.64. The van der Waals surface area contributed by atoms with Crippen LogP contribution < -0.4 is 5.32 Å². The van der Waals surface area contributed by atoms with Gasteiger partial charge in [0.05, 0.1) is 13.0 Å². The number of methoxy groups -OCH3 is 1. The molecule has 0 bridgehead atoms. The van der Waals surface area contributed by atoms with Gasteiger partial charge in [-0.05, 0) is 30.2 Å². The van der Waals surface area contributed by atoms with E-state index in [1.54, 1.807) is 0 Å². The summed E-state index contributed by atoms with van der Waals surface area (Å²) in [6.45, 7) is 4.16. The second-order valence-corrected chi connectivity index (χ2v) is 10.4. The fraction of sp³-hybridized carbons (Fsp3) is 0.667. The fourth-order valence-corrected chi connectivity index (χ4v) is 5.47. The van der Waals surface area contributed by atoms with Gasteiger partial charge in [-0.15, -0.1) is 0 Å². The molecule has 1 N–H and O–H groups in total. The topological polar surface area (TPSA) is 90.9 Å². The third-order valence-electron chi connectivity index (χ3n) is 5.74. The van der Waals surface area contributed by atoms with Crippen LogP contribution in [0.4, 0.5) is 4.79 Å². The third kappa shape index (κ3) is 10.2. The number of alkyl carbamates (subject to hydrolysis) is 1. The molecule has 1 saturated carbocycles. The van der Waals surface area contributed by atoms with Crippen LogP contribution in [0.5, 0.6) is 0 Å². The van der Waals surface area contributed by atoms with Gasteiger partial charge in [-0.25, -0.2) is 4.79 Å². The van der Waals surface area contributed by atoms with Gasteiger partial charge in [0.25, 0.3) is 0 Å². The minimum Gasteiger partial charge on any atom is -0.469 e. The number of carbonyl (C=O) groups excluding carboxylic acids is 2. The molecule has 0 aromatic heterocycles. The number of esters is 1. The fourth-order valence-electron chi connectivity index (χ4n) is 4.16. The Bertz CT molecular complexity index is 720. The maximum Gasteiger partial charge on any atom is 0.409 e. The van der Waals surface area contributed by atoms with Crippen molar-refractivity contribution in [3.8, 4) is 0 Å².